The van der Waals surface area contributed by atoms with Gasteiger partial charge in [-0.05, 0) is 49.4 Å². The van der Waals surface area contributed by atoms with Crippen LogP contribution in [0, 0.1) is 25.7 Å². The molecule has 8 nitrogen and oxygen atoms in total. The minimum absolute atomic E-state index is 0.0279. The second kappa shape index (κ2) is 9.60. The Morgan fingerprint density at radius 3 is 2.39 bits per heavy atom. The summed E-state index contributed by atoms with van der Waals surface area (Å²) in [6.07, 6.45) is 6.10. The van der Waals surface area contributed by atoms with Crippen molar-refractivity contribution in [3.8, 4) is 11.1 Å². The predicted octanol–water partition coefficient (Wildman–Crippen LogP) is 3.99. The minimum atomic E-state index is -0.631. The Labute approximate surface area is 194 Å². The number of aromatic amines is 1. The van der Waals surface area contributed by atoms with E-state index in [0.717, 1.165) is 35.4 Å². The molecule has 0 aliphatic heterocycles. The van der Waals surface area contributed by atoms with Crippen LogP contribution in [0.2, 0.25) is 0 Å². The number of nitrogens with zero attached hydrogens (tertiary/aromatic N) is 3. The lowest BCUT2D eigenvalue weighted by Crippen LogP contribution is -2.49. The van der Waals surface area contributed by atoms with Crippen molar-refractivity contribution in [3.63, 3.8) is 0 Å². The average molecular weight is 449 g/mol. The maximum atomic E-state index is 13.4. The molecule has 1 aliphatic rings. The Kier molecular flexibility index (Phi) is 6.62. The molecule has 1 unspecified atom stereocenters. The summed E-state index contributed by atoms with van der Waals surface area (Å²) in [6, 6.07) is 8.75. The van der Waals surface area contributed by atoms with Crippen LogP contribution in [-0.2, 0) is 11.8 Å². The molecule has 4 rings (SSSR count). The number of rotatable bonds is 7. The van der Waals surface area contributed by atoms with E-state index in [1.54, 1.807) is 19.3 Å². The van der Waals surface area contributed by atoms with Gasteiger partial charge in [-0.15, -0.1) is 0 Å². The molecule has 1 aliphatic carbocycles. The Balaban J connectivity index is 1.52. The van der Waals surface area contributed by atoms with Crippen molar-refractivity contribution in [2.75, 3.05) is 5.32 Å². The van der Waals surface area contributed by atoms with Gasteiger partial charge in [-0.2, -0.15) is 10.2 Å². The van der Waals surface area contributed by atoms with Crippen LogP contribution in [0.5, 0.6) is 0 Å². The lowest BCUT2D eigenvalue weighted by Gasteiger charge is -2.28. The lowest BCUT2D eigenvalue weighted by atomic mass is 9.85. The Hall–Kier alpha value is -3.42. The fourth-order valence-electron chi connectivity index (χ4n) is 4.92. The number of hydrogen-bond acceptors (Lipinski definition) is 4. The van der Waals surface area contributed by atoms with Gasteiger partial charge in [0.25, 0.3) is 5.91 Å². The third-order valence-corrected chi connectivity index (χ3v) is 6.86. The van der Waals surface area contributed by atoms with Gasteiger partial charge in [0.1, 0.15) is 11.7 Å². The molecule has 3 N–H and O–H groups in total. The third kappa shape index (κ3) is 4.84. The molecule has 0 radical (unpaired) electrons. The molecule has 2 heterocycles. The number of hydrogen-bond donors (Lipinski definition) is 3. The topological polar surface area (TPSA) is 105 Å². The van der Waals surface area contributed by atoms with Crippen LogP contribution in [0.4, 0.5) is 5.69 Å². The average Bonchev–Trinajstić information content (AvgIpc) is 3.54. The van der Waals surface area contributed by atoms with E-state index in [4.69, 9.17) is 0 Å². The minimum Gasteiger partial charge on any atom is -0.339 e. The summed E-state index contributed by atoms with van der Waals surface area (Å²) in [4.78, 5) is 26.3. The molecule has 2 atom stereocenters. The van der Waals surface area contributed by atoms with Crippen LogP contribution in [0.1, 0.15) is 54.5 Å². The number of H-pyrrole nitrogens is 1. The molecule has 1 aromatic carbocycles. The number of carbonyl (C=O) groups excluding carboxylic acids is 2. The highest BCUT2D eigenvalue weighted by Gasteiger charge is 2.34. The fraction of sp³-hybridized carbons (Fsp3) is 0.440. The van der Waals surface area contributed by atoms with E-state index in [1.807, 2.05) is 38.1 Å². The summed E-state index contributed by atoms with van der Waals surface area (Å²) in [6.45, 7) is 6.02. The van der Waals surface area contributed by atoms with Crippen LogP contribution in [-0.4, -0.2) is 37.8 Å². The summed E-state index contributed by atoms with van der Waals surface area (Å²) < 4.78 is 1.52. The first-order valence-corrected chi connectivity index (χ1v) is 11.6. The van der Waals surface area contributed by atoms with Crippen molar-refractivity contribution in [2.24, 2.45) is 18.9 Å². The highest BCUT2D eigenvalue weighted by molar-refractivity contribution is 6.00. The molecule has 33 heavy (non-hydrogen) atoms. The lowest BCUT2D eigenvalue weighted by molar-refractivity contribution is -0.119. The van der Waals surface area contributed by atoms with Crippen LogP contribution in [0.15, 0.2) is 36.5 Å². The van der Waals surface area contributed by atoms with Crippen LogP contribution < -0.4 is 10.6 Å². The number of aryl methyl sites for hydroxylation is 3. The first-order chi connectivity index (χ1) is 15.8. The van der Waals surface area contributed by atoms with Gasteiger partial charge in [0.2, 0.25) is 5.91 Å². The quantitative estimate of drug-likeness (QED) is 0.508. The summed E-state index contributed by atoms with van der Waals surface area (Å²) in [5.74, 6) is -0.0446. The number of anilines is 1. The van der Waals surface area contributed by atoms with Crippen LogP contribution in [0.3, 0.4) is 0 Å². The van der Waals surface area contributed by atoms with Gasteiger partial charge < -0.3 is 10.6 Å². The number of carbonyl (C=O) groups is 2. The van der Waals surface area contributed by atoms with Gasteiger partial charge in [0.05, 0.1) is 5.69 Å². The van der Waals surface area contributed by atoms with Crippen LogP contribution in [0.25, 0.3) is 11.1 Å². The molecule has 3 aromatic rings. The Morgan fingerprint density at radius 1 is 1.12 bits per heavy atom. The molecule has 0 saturated heterocycles. The van der Waals surface area contributed by atoms with E-state index >= 15 is 0 Å². The second-order valence-corrected chi connectivity index (χ2v) is 9.07. The number of aromatic nitrogens is 4. The molecule has 1 saturated carbocycles. The van der Waals surface area contributed by atoms with Gasteiger partial charge >= 0.3 is 0 Å². The summed E-state index contributed by atoms with van der Waals surface area (Å²) in [5.41, 5.74) is 5.18. The van der Waals surface area contributed by atoms with Crippen molar-refractivity contribution in [1.82, 2.24) is 25.3 Å². The standard InChI is InChI=1S/C25H32N6O2/c1-15(18-7-5-6-8-18)23(28-24(32)21-13-14-26-31(21)4)25(33)27-20-11-9-19(10-12-20)22-16(2)29-30-17(22)3/h9-15,18,23H,5-8H2,1-4H3,(H,27,33)(H,28,32)(H,29,30)/t15?,23-/m0/s1. The van der Waals surface area contributed by atoms with Crippen LogP contribution >= 0.6 is 0 Å². The van der Waals surface area contributed by atoms with E-state index in [9.17, 15) is 9.59 Å². The van der Waals surface area contributed by atoms with Gasteiger partial charge in [-0.1, -0.05) is 44.7 Å². The molecule has 0 bridgehead atoms. The largest absolute Gasteiger partial charge is 0.339 e. The van der Waals surface area contributed by atoms with Gasteiger partial charge in [0, 0.05) is 30.2 Å². The molecule has 1 fully saturated rings. The van der Waals surface area contributed by atoms with Crippen molar-refractivity contribution in [2.45, 2.75) is 52.5 Å². The summed E-state index contributed by atoms with van der Waals surface area (Å²) >= 11 is 0. The molecule has 8 heteroatoms. The highest BCUT2D eigenvalue weighted by Crippen LogP contribution is 2.33. The molecular formula is C25H32N6O2. The first-order valence-electron chi connectivity index (χ1n) is 11.6. The smallest absolute Gasteiger partial charge is 0.270 e. The third-order valence-electron chi connectivity index (χ3n) is 6.86. The van der Waals surface area contributed by atoms with E-state index in [2.05, 4.69) is 32.9 Å². The zero-order valence-corrected chi connectivity index (χ0v) is 19.7. The van der Waals surface area contributed by atoms with Gasteiger partial charge in [-0.25, -0.2) is 0 Å². The molecule has 2 amide bonds. The maximum absolute atomic E-state index is 13.4. The first kappa shape index (κ1) is 22.8. The SMILES string of the molecule is Cc1n[nH]c(C)c1-c1ccc(NC(=O)[C@@H](NC(=O)c2ccnn2C)C(C)C2CCCC2)cc1. The Bertz CT molecular complexity index is 1100. The number of benzene rings is 1. The van der Waals surface area contributed by atoms with Crippen molar-refractivity contribution >= 4 is 17.5 Å². The molecule has 0 spiro atoms. The zero-order valence-electron chi connectivity index (χ0n) is 19.7. The molecular weight excluding hydrogens is 416 g/mol. The molecule has 174 valence electrons. The van der Waals surface area contributed by atoms with Crippen molar-refractivity contribution in [3.05, 3.63) is 53.6 Å². The summed E-state index contributed by atoms with van der Waals surface area (Å²) in [7, 11) is 1.72. The van der Waals surface area contributed by atoms with E-state index in [1.165, 1.54) is 17.5 Å². The van der Waals surface area contributed by atoms with E-state index in [-0.39, 0.29) is 17.7 Å². The van der Waals surface area contributed by atoms with E-state index in [0.29, 0.717) is 17.3 Å². The monoisotopic (exact) mass is 448 g/mol. The fourth-order valence-corrected chi connectivity index (χ4v) is 4.92. The highest BCUT2D eigenvalue weighted by atomic mass is 16.2. The van der Waals surface area contributed by atoms with Gasteiger partial charge in [-0.3, -0.25) is 19.4 Å². The van der Waals surface area contributed by atoms with Crippen molar-refractivity contribution < 1.29 is 9.59 Å². The van der Waals surface area contributed by atoms with E-state index < -0.39 is 6.04 Å². The zero-order chi connectivity index (χ0) is 23.5. The summed E-state index contributed by atoms with van der Waals surface area (Å²) in [5, 5.41) is 17.3. The number of amides is 2. The van der Waals surface area contributed by atoms with Gasteiger partial charge in [0.15, 0.2) is 0 Å². The molecule has 2 aromatic heterocycles. The normalized spacial score (nSPS) is 15.9. The predicted molar refractivity (Wildman–Crippen MR) is 128 cm³/mol. The maximum Gasteiger partial charge on any atom is 0.270 e. The Morgan fingerprint density at radius 2 is 1.82 bits per heavy atom. The number of nitrogens with one attached hydrogen (secondary N) is 3. The van der Waals surface area contributed by atoms with Crippen molar-refractivity contribution in [1.29, 1.82) is 0 Å². The second-order valence-electron chi connectivity index (χ2n) is 9.07.